The fourth-order valence-electron chi connectivity index (χ4n) is 1.84. The van der Waals surface area contributed by atoms with E-state index < -0.39 is 17.3 Å². The molecule has 0 spiro atoms. The van der Waals surface area contributed by atoms with Gasteiger partial charge in [-0.2, -0.15) is 0 Å². The summed E-state index contributed by atoms with van der Waals surface area (Å²) in [6.45, 7) is 10.2. The zero-order valence-electron chi connectivity index (χ0n) is 14.5. The van der Waals surface area contributed by atoms with E-state index in [1.807, 2.05) is 0 Å². The van der Waals surface area contributed by atoms with E-state index in [1.54, 1.807) is 34.6 Å². The lowest BCUT2D eigenvalue weighted by atomic mass is 9.87. The van der Waals surface area contributed by atoms with Crippen LogP contribution in [0.15, 0.2) is 0 Å². The van der Waals surface area contributed by atoms with Crippen LogP contribution in [0.1, 0.15) is 60.8 Å². The summed E-state index contributed by atoms with van der Waals surface area (Å²) in [5.41, 5.74) is -0.566. The Balaban J connectivity index is 4.25. The van der Waals surface area contributed by atoms with E-state index in [1.165, 1.54) is 6.92 Å². The molecule has 126 valence electrons. The SMILES string of the molecule is CCC(=O)C(C)C(=O)C(C)C(=O)CCCOC(=O)C(C)(C)C. The summed E-state index contributed by atoms with van der Waals surface area (Å²) in [5.74, 6) is -2.53. The molecule has 0 aliphatic heterocycles. The Bertz CT molecular complexity index is 431. The van der Waals surface area contributed by atoms with Crippen LogP contribution in [0.3, 0.4) is 0 Å². The first-order chi connectivity index (χ1) is 10.0. The van der Waals surface area contributed by atoms with E-state index in [2.05, 4.69) is 0 Å². The van der Waals surface area contributed by atoms with Gasteiger partial charge in [0.2, 0.25) is 0 Å². The molecule has 0 N–H and O–H groups in total. The first-order valence-corrected chi connectivity index (χ1v) is 7.78. The molecule has 0 aromatic heterocycles. The molecular formula is C17H28O5. The number of ketones is 3. The third kappa shape index (κ3) is 6.50. The molecule has 5 nitrogen and oxygen atoms in total. The zero-order chi connectivity index (χ0) is 17.5. The molecule has 0 bridgehead atoms. The molecule has 0 amide bonds. The van der Waals surface area contributed by atoms with Crippen molar-refractivity contribution < 1.29 is 23.9 Å². The number of rotatable bonds is 9. The molecule has 2 unspecified atom stereocenters. The normalized spacial score (nSPS) is 14.1. The summed E-state index contributed by atoms with van der Waals surface area (Å²) in [5, 5.41) is 0. The quantitative estimate of drug-likeness (QED) is 0.371. The lowest BCUT2D eigenvalue weighted by Crippen LogP contribution is -2.30. The molecule has 0 radical (unpaired) electrons. The maximum Gasteiger partial charge on any atom is 0.311 e. The molecule has 0 rings (SSSR count). The summed E-state index contributed by atoms with van der Waals surface area (Å²) >= 11 is 0. The molecule has 0 aromatic rings. The van der Waals surface area contributed by atoms with Gasteiger partial charge in [-0.1, -0.05) is 6.92 Å². The Morgan fingerprint density at radius 2 is 1.45 bits per heavy atom. The molecule has 0 heterocycles. The van der Waals surface area contributed by atoms with Gasteiger partial charge in [-0.3, -0.25) is 19.2 Å². The first-order valence-electron chi connectivity index (χ1n) is 7.78. The van der Waals surface area contributed by atoms with E-state index in [9.17, 15) is 19.2 Å². The smallest absolute Gasteiger partial charge is 0.311 e. The largest absolute Gasteiger partial charge is 0.465 e. The lowest BCUT2D eigenvalue weighted by Gasteiger charge is -2.17. The summed E-state index contributed by atoms with van der Waals surface area (Å²) in [6.07, 6.45) is 0.836. The van der Waals surface area contributed by atoms with E-state index in [0.29, 0.717) is 6.42 Å². The van der Waals surface area contributed by atoms with Gasteiger partial charge in [0, 0.05) is 12.8 Å². The Labute approximate surface area is 132 Å². The van der Waals surface area contributed by atoms with Crippen LogP contribution in [0, 0.1) is 17.3 Å². The molecule has 0 aliphatic rings. The number of hydrogen-bond donors (Lipinski definition) is 0. The number of carbonyl (C=O) groups is 4. The van der Waals surface area contributed by atoms with Crippen molar-refractivity contribution in [1.82, 2.24) is 0 Å². The number of esters is 1. The second kappa shape index (κ2) is 8.81. The average Bonchev–Trinajstić information content (AvgIpc) is 2.46. The predicted molar refractivity (Wildman–Crippen MR) is 83.3 cm³/mol. The average molecular weight is 312 g/mol. The van der Waals surface area contributed by atoms with Gasteiger partial charge in [-0.25, -0.2) is 0 Å². The first kappa shape index (κ1) is 20.5. The number of hydrogen-bond acceptors (Lipinski definition) is 5. The summed E-state index contributed by atoms with van der Waals surface area (Å²) in [7, 11) is 0. The van der Waals surface area contributed by atoms with Crippen LogP contribution < -0.4 is 0 Å². The van der Waals surface area contributed by atoms with Crippen molar-refractivity contribution in [3.05, 3.63) is 0 Å². The topological polar surface area (TPSA) is 77.5 Å². The van der Waals surface area contributed by atoms with Gasteiger partial charge in [0.05, 0.1) is 23.9 Å². The van der Waals surface area contributed by atoms with E-state index in [-0.39, 0.29) is 42.8 Å². The van der Waals surface area contributed by atoms with Crippen LogP contribution in [0.2, 0.25) is 0 Å². The standard InChI is InChI=1S/C17H28O5/c1-7-13(18)11(2)15(20)12(3)14(19)9-8-10-22-16(21)17(4,5)6/h11-12H,7-10H2,1-6H3. The molecule has 22 heavy (non-hydrogen) atoms. The number of ether oxygens (including phenoxy) is 1. The van der Waals surface area contributed by atoms with E-state index in [0.717, 1.165) is 0 Å². The van der Waals surface area contributed by atoms with Crippen LogP contribution >= 0.6 is 0 Å². The maximum atomic E-state index is 12.0. The number of Topliss-reactive ketones (excluding diaryl/α,β-unsaturated/α-hetero) is 3. The molecule has 0 aliphatic carbocycles. The summed E-state index contributed by atoms with van der Waals surface area (Å²) < 4.78 is 5.07. The van der Waals surface area contributed by atoms with Crippen LogP contribution in [-0.2, 0) is 23.9 Å². The van der Waals surface area contributed by atoms with Gasteiger partial charge in [-0.15, -0.1) is 0 Å². The van der Waals surface area contributed by atoms with E-state index in [4.69, 9.17) is 4.74 Å². The molecule has 0 aromatic carbocycles. The lowest BCUT2D eigenvalue weighted by molar-refractivity contribution is -0.153. The maximum absolute atomic E-state index is 12.0. The highest BCUT2D eigenvalue weighted by molar-refractivity contribution is 6.11. The molecule has 5 heteroatoms. The molecule has 0 fully saturated rings. The van der Waals surface area contributed by atoms with Gasteiger partial charge < -0.3 is 4.74 Å². The van der Waals surface area contributed by atoms with Crippen LogP contribution in [0.5, 0.6) is 0 Å². The van der Waals surface area contributed by atoms with Crippen molar-refractivity contribution in [2.45, 2.75) is 60.8 Å². The minimum absolute atomic E-state index is 0.149. The van der Waals surface area contributed by atoms with Crippen LogP contribution in [0.25, 0.3) is 0 Å². The van der Waals surface area contributed by atoms with Crippen molar-refractivity contribution >= 4 is 23.3 Å². The predicted octanol–water partition coefficient (Wildman–Crippen LogP) is 2.75. The molecule has 0 saturated carbocycles. The Kier molecular flexibility index (Phi) is 8.20. The second-order valence-electron chi connectivity index (χ2n) is 6.62. The van der Waals surface area contributed by atoms with E-state index >= 15 is 0 Å². The van der Waals surface area contributed by atoms with Crippen molar-refractivity contribution in [2.24, 2.45) is 17.3 Å². The molecule has 0 saturated heterocycles. The molecule has 2 atom stereocenters. The van der Waals surface area contributed by atoms with Gasteiger partial charge in [0.15, 0.2) is 5.78 Å². The van der Waals surface area contributed by atoms with Gasteiger partial charge in [0.25, 0.3) is 0 Å². The zero-order valence-corrected chi connectivity index (χ0v) is 14.5. The van der Waals surface area contributed by atoms with Gasteiger partial charge in [-0.05, 0) is 41.0 Å². The Morgan fingerprint density at radius 3 is 1.91 bits per heavy atom. The summed E-state index contributed by atoms with van der Waals surface area (Å²) in [4.78, 5) is 47.1. The van der Waals surface area contributed by atoms with Crippen LogP contribution in [0.4, 0.5) is 0 Å². The minimum atomic E-state index is -0.788. The fraction of sp³-hybridized carbons (Fsp3) is 0.765. The van der Waals surface area contributed by atoms with Gasteiger partial charge >= 0.3 is 5.97 Å². The minimum Gasteiger partial charge on any atom is -0.465 e. The highest BCUT2D eigenvalue weighted by Crippen LogP contribution is 2.16. The van der Waals surface area contributed by atoms with Crippen molar-refractivity contribution in [3.63, 3.8) is 0 Å². The summed E-state index contributed by atoms with van der Waals surface area (Å²) in [6, 6.07) is 0. The third-order valence-electron chi connectivity index (χ3n) is 3.58. The monoisotopic (exact) mass is 312 g/mol. The highest BCUT2D eigenvalue weighted by atomic mass is 16.5. The van der Waals surface area contributed by atoms with Crippen LogP contribution in [-0.4, -0.2) is 29.9 Å². The van der Waals surface area contributed by atoms with Crippen molar-refractivity contribution in [1.29, 1.82) is 0 Å². The fourth-order valence-corrected chi connectivity index (χ4v) is 1.84. The third-order valence-corrected chi connectivity index (χ3v) is 3.58. The Morgan fingerprint density at radius 1 is 0.955 bits per heavy atom. The molecular weight excluding hydrogens is 284 g/mol. The van der Waals surface area contributed by atoms with Gasteiger partial charge in [0.1, 0.15) is 11.6 Å². The number of carbonyl (C=O) groups excluding carboxylic acids is 4. The Hall–Kier alpha value is -1.52. The highest BCUT2D eigenvalue weighted by Gasteiger charge is 2.29. The second-order valence-corrected chi connectivity index (χ2v) is 6.62. The van der Waals surface area contributed by atoms with Crippen molar-refractivity contribution in [2.75, 3.05) is 6.61 Å². The van der Waals surface area contributed by atoms with Crippen molar-refractivity contribution in [3.8, 4) is 0 Å².